The number of H-pyrrole nitrogens is 1. The summed E-state index contributed by atoms with van der Waals surface area (Å²) in [5.41, 5.74) is 9.46. The maximum absolute atomic E-state index is 15.3. The molecule has 0 amide bonds. The van der Waals surface area contributed by atoms with Crippen LogP contribution < -0.4 is 32.4 Å². The Kier molecular flexibility index (Phi) is 4.74. The summed E-state index contributed by atoms with van der Waals surface area (Å²) in [5.74, 6) is -1.81. The van der Waals surface area contributed by atoms with Crippen LogP contribution in [0.4, 0.5) is 20.2 Å². The average Bonchev–Trinajstić information content (AvgIpc) is 3.44. The largest absolute Gasteiger partial charge is 0.492 e. The maximum Gasteiger partial charge on any atom is 0.329 e. The molecule has 3 unspecified atom stereocenters. The summed E-state index contributed by atoms with van der Waals surface area (Å²) in [5, 5.41) is 9.80. The molecule has 158 valence electrons. The Bertz CT molecular complexity index is 1080. The van der Waals surface area contributed by atoms with Gasteiger partial charge in [-0.2, -0.15) is 0 Å². The number of hydrogen-bond donors (Lipinski definition) is 4. The molecule has 1 aliphatic heterocycles. The zero-order chi connectivity index (χ0) is 21.0. The first kappa shape index (κ1) is 19.6. The van der Waals surface area contributed by atoms with Crippen LogP contribution in [0.2, 0.25) is 0 Å². The van der Waals surface area contributed by atoms with Crippen molar-refractivity contribution in [2.75, 3.05) is 37.4 Å². The van der Waals surface area contributed by atoms with Gasteiger partial charge in [0.15, 0.2) is 11.6 Å². The number of hydrogen-bond acceptors (Lipinski definition) is 7. The molecule has 1 saturated carbocycles. The second-order valence-electron chi connectivity index (χ2n) is 7.58. The van der Waals surface area contributed by atoms with Crippen molar-refractivity contribution in [2.24, 2.45) is 11.7 Å². The molecule has 0 spiro atoms. The number of anilines is 2. The van der Waals surface area contributed by atoms with Gasteiger partial charge in [0.25, 0.3) is 5.56 Å². The van der Waals surface area contributed by atoms with E-state index < -0.39 is 40.9 Å². The van der Waals surface area contributed by atoms with Gasteiger partial charge in [-0.25, -0.2) is 13.6 Å². The molecule has 29 heavy (non-hydrogen) atoms. The zero-order valence-electron chi connectivity index (χ0n) is 15.8. The molecule has 1 aromatic carbocycles. The van der Waals surface area contributed by atoms with Crippen molar-refractivity contribution in [3.05, 3.63) is 26.7 Å². The number of rotatable bonds is 5. The van der Waals surface area contributed by atoms with E-state index in [9.17, 15) is 19.1 Å². The summed E-state index contributed by atoms with van der Waals surface area (Å²) >= 11 is 0. The molecule has 2 fully saturated rings. The van der Waals surface area contributed by atoms with Gasteiger partial charge in [0.1, 0.15) is 17.4 Å². The smallest absolute Gasteiger partial charge is 0.329 e. The molecular formula is C18H23F2N5O4. The molecule has 2 heterocycles. The number of alkyl halides is 1. The van der Waals surface area contributed by atoms with E-state index in [4.69, 9.17) is 16.2 Å². The topological polar surface area (TPSA) is 140 Å². The van der Waals surface area contributed by atoms with Gasteiger partial charge in [0, 0.05) is 31.6 Å². The van der Waals surface area contributed by atoms with Gasteiger partial charge in [-0.3, -0.25) is 14.3 Å². The molecule has 0 radical (unpaired) electrons. The number of nitrogens with zero attached hydrogens (tertiary/aromatic N) is 2. The Morgan fingerprint density at radius 2 is 2.03 bits per heavy atom. The Balaban J connectivity index is 1.99. The average molecular weight is 411 g/mol. The molecule has 9 nitrogen and oxygen atoms in total. The first-order valence-electron chi connectivity index (χ1n) is 9.40. The van der Waals surface area contributed by atoms with Gasteiger partial charge in [-0.05, 0) is 12.8 Å². The molecule has 2 aromatic rings. The van der Waals surface area contributed by atoms with Gasteiger partial charge in [-0.15, -0.1) is 0 Å². The minimum atomic E-state index is -1.45. The molecule has 1 aliphatic carbocycles. The number of aromatic nitrogens is 2. The minimum Gasteiger partial charge on any atom is -0.492 e. The molecule has 1 saturated heterocycles. The Hall–Kier alpha value is -2.66. The lowest BCUT2D eigenvalue weighted by Crippen LogP contribution is -2.35. The van der Waals surface area contributed by atoms with E-state index in [0.717, 1.165) is 12.8 Å². The number of methoxy groups -OCH3 is 1. The fourth-order valence-electron chi connectivity index (χ4n) is 4.14. The summed E-state index contributed by atoms with van der Waals surface area (Å²) in [6, 6.07) is -0.159. The second-order valence-corrected chi connectivity index (χ2v) is 7.58. The fraction of sp³-hybridized carbons (Fsp3) is 0.556. The summed E-state index contributed by atoms with van der Waals surface area (Å²) in [6.45, 7) is -0.361. The number of halogens is 2. The van der Waals surface area contributed by atoms with Gasteiger partial charge < -0.3 is 26.2 Å². The number of nitrogens with one attached hydrogen (secondary N) is 1. The Labute approximate surface area is 163 Å². The first-order valence-corrected chi connectivity index (χ1v) is 9.40. The third-order valence-corrected chi connectivity index (χ3v) is 5.75. The molecule has 11 heteroatoms. The van der Waals surface area contributed by atoms with Crippen LogP contribution in [0, 0.1) is 11.7 Å². The van der Waals surface area contributed by atoms with Crippen molar-refractivity contribution in [3.63, 3.8) is 0 Å². The number of ether oxygens (including phenoxy) is 1. The minimum absolute atomic E-state index is 0.0192. The molecule has 1 aromatic heterocycles. The van der Waals surface area contributed by atoms with E-state index in [2.05, 4.69) is 4.98 Å². The van der Waals surface area contributed by atoms with E-state index >= 15 is 4.39 Å². The predicted molar refractivity (Wildman–Crippen MR) is 104 cm³/mol. The van der Waals surface area contributed by atoms with E-state index in [1.165, 1.54) is 16.6 Å². The van der Waals surface area contributed by atoms with Crippen LogP contribution in [0.25, 0.3) is 10.9 Å². The van der Waals surface area contributed by atoms with Crippen molar-refractivity contribution in [2.45, 2.75) is 31.2 Å². The van der Waals surface area contributed by atoms with E-state index in [-0.39, 0.29) is 48.0 Å². The molecule has 3 atom stereocenters. The lowest BCUT2D eigenvalue weighted by Gasteiger charge is -2.25. The lowest BCUT2D eigenvalue weighted by atomic mass is 10.0. The van der Waals surface area contributed by atoms with E-state index in [0.29, 0.717) is 0 Å². The highest BCUT2D eigenvalue weighted by molar-refractivity contribution is 5.99. The summed E-state index contributed by atoms with van der Waals surface area (Å²) < 4.78 is 36.6. The third kappa shape index (κ3) is 2.96. The number of benzene rings is 1. The Morgan fingerprint density at radius 1 is 1.34 bits per heavy atom. The Morgan fingerprint density at radius 3 is 2.62 bits per heavy atom. The normalized spacial score (nSPS) is 23.0. The van der Waals surface area contributed by atoms with Crippen LogP contribution >= 0.6 is 0 Å². The highest BCUT2D eigenvalue weighted by Gasteiger charge is 2.41. The van der Waals surface area contributed by atoms with Crippen LogP contribution in [0.1, 0.15) is 18.9 Å². The van der Waals surface area contributed by atoms with Gasteiger partial charge in [0.2, 0.25) is 0 Å². The van der Waals surface area contributed by atoms with E-state index in [1.807, 2.05) is 0 Å². The predicted octanol–water partition coefficient (Wildman–Crippen LogP) is -0.151. The lowest BCUT2D eigenvalue weighted by molar-refractivity contribution is 0.0868. The van der Waals surface area contributed by atoms with Crippen molar-refractivity contribution in [1.29, 1.82) is 0 Å². The van der Waals surface area contributed by atoms with Gasteiger partial charge >= 0.3 is 5.69 Å². The fourth-order valence-corrected chi connectivity index (χ4v) is 4.14. The first-order chi connectivity index (χ1) is 13.8. The number of nitrogens with two attached hydrogens (primary N) is 2. The highest BCUT2D eigenvalue weighted by atomic mass is 19.1. The maximum atomic E-state index is 15.3. The summed E-state index contributed by atoms with van der Waals surface area (Å²) in [6.07, 6.45) is -1.09. The molecule has 6 N–H and O–H groups in total. The van der Waals surface area contributed by atoms with Crippen molar-refractivity contribution in [1.82, 2.24) is 9.55 Å². The molecule has 4 rings (SSSR count). The second kappa shape index (κ2) is 6.99. The SMILES string of the molecule is COc1c(N2CC(F)C(C(O)CN)C2)c(F)c(N)c2c(=O)[nH]c(=O)n(C3CC3)c12. The highest BCUT2D eigenvalue weighted by Crippen LogP contribution is 2.46. The number of aromatic amines is 1. The summed E-state index contributed by atoms with van der Waals surface area (Å²) in [7, 11) is 1.28. The van der Waals surface area contributed by atoms with Crippen LogP contribution in [0.3, 0.4) is 0 Å². The molecule has 2 aliphatic rings. The van der Waals surface area contributed by atoms with Crippen LogP contribution in [0.5, 0.6) is 5.75 Å². The number of fused-ring (bicyclic) bond motifs is 1. The van der Waals surface area contributed by atoms with Gasteiger partial charge in [-0.1, -0.05) is 0 Å². The van der Waals surface area contributed by atoms with Crippen LogP contribution in [0.15, 0.2) is 9.59 Å². The number of aliphatic hydroxyl groups excluding tert-OH is 1. The zero-order valence-corrected chi connectivity index (χ0v) is 15.8. The van der Waals surface area contributed by atoms with Crippen LogP contribution in [-0.4, -0.2) is 53.7 Å². The van der Waals surface area contributed by atoms with Crippen LogP contribution in [-0.2, 0) is 0 Å². The van der Waals surface area contributed by atoms with E-state index in [1.54, 1.807) is 0 Å². The molecule has 0 bridgehead atoms. The van der Waals surface area contributed by atoms with Crippen molar-refractivity contribution < 1.29 is 18.6 Å². The van der Waals surface area contributed by atoms with Gasteiger partial charge in [0.05, 0.1) is 24.3 Å². The third-order valence-electron chi connectivity index (χ3n) is 5.75. The number of aliphatic hydroxyl groups is 1. The summed E-state index contributed by atoms with van der Waals surface area (Å²) in [4.78, 5) is 28.4. The number of nitrogen functional groups attached to an aromatic ring is 1. The standard InChI is InChI=1S/C18H23F2N5O4/c1-29-16-14-11(17(27)23-18(28)25(14)7-2-3-7)13(22)12(20)15(16)24-5-8(9(19)6-24)10(26)4-21/h7-10,26H,2-6,21-22H2,1H3,(H,23,27,28). The molecular weight excluding hydrogens is 388 g/mol. The monoisotopic (exact) mass is 411 g/mol. The quantitative estimate of drug-likeness (QED) is 0.502. The van der Waals surface area contributed by atoms with Crippen molar-refractivity contribution >= 4 is 22.3 Å². The van der Waals surface area contributed by atoms with Crippen molar-refractivity contribution in [3.8, 4) is 5.75 Å².